The molecule has 1 aliphatic heterocycles. The topological polar surface area (TPSA) is 68.5 Å². The molecule has 3 rings (SSSR count). The number of rotatable bonds is 3. The molecule has 0 spiro atoms. The fourth-order valence-electron chi connectivity index (χ4n) is 3.09. The van der Waals surface area contributed by atoms with Crippen molar-refractivity contribution in [1.82, 2.24) is 15.0 Å². The van der Waals surface area contributed by atoms with Gasteiger partial charge in [0.15, 0.2) is 0 Å². The minimum absolute atomic E-state index is 0.142. The first-order chi connectivity index (χ1) is 10.3. The van der Waals surface area contributed by atoms with Crippen molar-refractivity contribution in [3.05, 3.63) is 11.7 Å². The second-order valence-corrected chi connectivity index (χ2v) is 5.86. The lowest BCUT2D eigenvalue weighted by atomic mass is 9.99. The summed E-state index contributed by atoms with van der Waals surface area (Å²) in [7, 11) is 0. The van der Waals surface area contributed by atoms with E-state index in [9.17, 15) is 4.79 Å². The van der Waals surface area contributed by atoms with Crippen molar-refractivity contribution in [2.24, 2.45) is 0 Å². The second-order valence-electron chi connectivity index (χ2n) is 5.86. The fourth-order valence-corrected chi connectivity index (χ4v) is 3.09. The number of likely N-dealkylation sites (N-methyl/N-ethyl adjacent to an activating group) is 1. The maximum absolute atomic E-state index is 12.1. The predicted octanol–water partition coefficient (Wildman–Crippen LogP) is 2.08. The number of ether oxygens (including phenoxy) is 1. The van der Waals surface area contributed by atoms with Gasteiger partial charge in [-0.1, -0.05) is 24.9 Å². The Morgan fingerprint density at radius 1 is 1.33 bits per heavy atom. The average Bonchev–Trinajstić information content (AvgIpc) is 2.90. The third-order valence-electron chi connectivity index (χ3n) is 4.45. The van der Waals surface area contributed by atoms with E-state index >= 15 is 0 Å². The third kappa shape index (κ3) is 3.32. The lowest BCUT2D eigenvalue weighted by molar-refractivity contribution is -0.120. The van der Waals surface area contributed by atoms with Gasteiger partial charge in [0, 0.05) is 19.5 Å². The molecule has 0 N–H and O–H groups in total. The Morgan fingerprint density at radius 2 is 2.24 bits per heavy atom. The van der Waals surface area contributed by atoms with Crippen LogP contribution in [0.2, 0.25) is 0 Å². The van der Waals surface area contributed by atoms with Crippen molar-refractivity contribution >= 4 is 5.78 Å². The average molecular weight is 293 g/mol. The molecule has 2 aliphatic rings. The summed E-state index contributed by atoms with van der Waals surface area (Å²) >= 11 is 0. The molecule has 1 saturated carbocycles. The van der Waals surface area contributed by atoms with Gasteiger partial charge in [-0.3, -0.25) is 9.69 Å². The summed E-state index contributed by atoms with van der Waals surface area (Å²) < 4.78 is 11.1. The molecule has 1 aromatic heterocycles. The van der Waals surface area contributed by atoms with Crippen LogP contribution in [-0.4, -0.2) is 47.1 Å². The highest BCUT2D eigenvalue weighted by Gasteiger charge is 2.30. The van der Waals surface area contributed by atoms with Gasteiger partial charge >= 0.3 is 0 Å². The maximum atomic E-state index is 12.1. The van der Waals surface area contributed by atoms with Gasteiger partial charge in [0.25, 0.3) is 0 Å². The zero-order chi connectivity index (χ0) is 14.7. The minimum Gasteiger partial charge on any atom is -0.367 e. The Hall–Kier alpha value is -1.27. The van der Waals surface area contributed by atoms with Crippen molar-refractivity contribution in [3.63, 3.8) is 0 Å². The van der Waals surface area contributed by atoms with Crippen LogP contribution in [0.3, 0.4) is 0 Å². The van der Waals surface area contributed by atoms with Crippen molar-refractivity contribution in [2.75, 3.05) is 26.2 Å². The molecule has 2 heterocycles. The standard InChI is InChI=1S/C15H23N3O3/c1-2-18-8-9-20-13(10-18)14-16-15(21-17-14)11-6-4-3-5-7-12(11)19/h11,13H,2-10H2,1H3. The second kappa shape index (κ2) is 6.66. The number of carbonyl (C=O) groups excluding carboxylic acids is 1. The van der Waals surface area contributed by atoms with Gasteiger partial charge in [-0.25, -0.2) is 0 Å². The minimum atomic E-state index is -0.209. The molecule has 2 atom stereocenters. The number of nitrogens with zero attached hydrogens (tertiary/aromatic N) is 3. The number of Topliss-reactive ketones (excluding diaryl/α,β-unsaturated/α-hetero) is 1. The third-order valence-corrected chi connectivity index (χ3v) is 4.45. The van der Waals surface area contributed by atoms with E-state index in [0.29, 0.717) is 24.7 Å². The molecular formula is C15H23N3O3. The lowest BCUT2D eigenvalue weighted by Crippen LogP contribution is -2.38. The van der Waals surface area contributed by atoms with Gasteiger partial charge in [-0.05, 0) is 19.4 Å². The Labute approximate surface area is 124 Å². The number of morpholine rings is 1. The van der Waals surface area contributed by atoms with Crippen LogP contribution in [0.1, 0.15) is 62.8 Å². The first-order valence-corrected chi connectivity index (χ1v) is 7.98. The van der Waals surface area contributed by atoms with Crippen molar-refractivity contribution in [1.29, 1.82) is 0 Å². The molecule has 21 heavy (non-hydrogen) atoms. The molecule has 1 aliphatic carbocycles. The first kappa shape index (κ1) is 14.7. The summed E-state index contributed by atoms with van der Waals surface area (Å²) in [6, 6.07) is 0. The van der Waals surface area contributed by atoms with Crippen LogP contribution in [-0.2, 0) is 9.53 Å². The molecule has 1 saturated heterocycles. The van der Waals surface area contributed by atoms with Crippen molar-refractivity contribution in [3.8, 4) is 0 Å². The Balaban J connectivity index is 1.71. The number of hydrogen-bond donors (Lipinski definition) is 0. The van der Waals surface area contributed by atoms with Crippen LogP contribution >= 0.6 is 0 Å². The molecule has 116 valence electrons. The van der Waals surface area contributed by atoms with E-state index in [0.717, 1.165) is 45.3 Å². The van der Waals surface area contributed by atoms with Crippen molar-refractivity contribution < 1.29 is 14.1 Å². The zero-order valence-electron chi connectivity index (χ0n) is 12.6. The van der Waals surface area contributed by atoms with Crippen LogP contribution in [0, 0.1) is 0 Å². The highest BCUT2D eigenvalue weighted by molar-refractivity contribution is 5.84. The fraction of sp³-hybridized carbons (Fsp3) is 0.800. The summed E-state index contributed by atoms with van der Waals surface area (Å²) in [5.74, 6) is 1.09. The molecule has 0 radical (unpaired) electrons. The van der Waals surface area contributed by atoms with E-state index in [1.807, 2.05) is 0 Å². The zero-order valence-corrected chi connectivity index (χ0v) is 12.6. The summed E-state index contributed by atoms with van der Waals surface area (Å²) in [6.45, 7) is 5.54. The first-order valence-electron chi connectivity index (χ1n) is 7.98. The number of aromatic nitrogens is 2. The molecule has 2 unspecified atom stereocenters. The van der Waals surface area contributed by atoms with E-state index in [4.69, 9.17) is 9.26 Å². The number of hydrogen-bond acceptors (Lipinski definition) is 6. The Kier molecular flexibility index (Phi) is 4.65. The molecule has 0 amide bonds. The highest BCUT2D eigenvalue weighted by Crippen LogP contribution is 2.29. The Morgan fingerprint density at radius 3 is 3.10 bits per heavy atom. The van der Waals surface area contributed by atoms with E-state index in [2.05, 4.69) is 22.0 Å². The summed E-state index contributed by atoms with van der Waals surface area (Å²) in [4.78, 5) is 18.9. The van der Waals surface area contributed by atoms with Gasteiger partial charge in [0.1, 0.15) is 11.9 Å². The number of ketones is 1. The van der Waals surface area contributed by atoms with E-state index in [1.54, 1.807) is 0 Å². The van der Waals surface area contributed by atoms with Crippen LogP contribution < -0.4 is 0 Å². The van der Waals surface area contributed by atoms with Crippen LogP contribution in [0.15, 0.2) is 4.52 Å². The largest absolute Gasteiger partial charge is 0.367 e. The van der Waals surface area contributed by atoms with Crippen LogP contribution in [0.5, 0.6) is 0 Å². The van der Waals surface area contributed by atoms with Gasteiger partial charge in [0.05, 0.1) is 12.5 Å². The monoisotopic (exact) mass is 293 g/mol. The van der Waals surface area contributed by atoms with Crippen LogP contribution in [0.25, 0.3) is 0 Å². The van der Waals surface area contributed by atoms with E-state index < -0.39 is 0 Å². The van der Waals surface area contributed by atoms with Crippen molar-refractivity contribution in [2.45, 2.75) is 51.0 Å². The molecule has 0 bridgehead atoms. The number of carbonyl (C=O) groups is 1. The van der Waals surface area contributed by atoms with Crippen LogP contribution in [0.4, 0.5) is 0 Å². The quantitative estimate of drug-likeness (QED) is 0.795. The van der Waals surface area contributed by atoms with Gasteiger partial charge in [-0.2, -0.15) is 4.98 Å². The van der Waals surface area contributed by atoms with Gasteiger partial charge in [0.2, 0.25) is 11.7 Å². The van der Waals surface area contributed by atoms with Gasteiger partial charge < -0.3 is 9.26 Å². The highest BCUT2D eigenvalue weighted by atomic mass is 16.5. The molecule has 1 aromatic rings. The molecule has 6 heteroatoms. The Bertz CT molecular complexity index is 488. The summed E-state index contributed by atoms with van der Waals surface area (Å²) in [5, 5.41) is 4.06. The maximum Gasteiger partial charge on any atom is 0.237 e. The smallest absolute Gasteiger partial charge is 0.237 e. The SMILES string of the molecule is CCN1CCOC(c2noc(C3CCCCCC3=O)n2)C1. The predicted molar refractivity (Wildman–Crippen MR) is 75.9 cm³/mol. The summed E-state index contributed by atoms with van der Waals surface area (Å²) in [5.41, 5.74) is 0. The van der Waals surface area contributed by atoms with E-state index in [1.165, 1.54) is 0 Å². The van der Waals surface area contributed by atoms with Gasteiger partial charge in [-0.15, -0.1) is 0 Å². The summed E-state index contributed by atoms with van der Waals surface area (Å²) in [6.07, 6.45) is 4.46. The molecular weight excluding hydrogens is 270 g/mol. The normalized spacial score (nSPS) is 28.5. The molecule has 2 fully saturated rings. The molecule has 0 aromatic carbocycles. The van der Waals surface area contributed by atoms with E-state index in [-0.39, 0.29) is 17.8 Å². The lowest BCUT2D eigenvalue weighted by Gasteiger charge is -2.30. The molecule has 6 nitrogen and oxygen atoms in total.